The molecule has 1 atom stereocenters. The second-order valence-electron chi connectivity index (χ2n) is 7.59. The van der Waals surface area contributed by atoms with E-state index in [4.69, 9.17) is 0 Å². The summed E-state index contributed by atoms with van der Waals surface area (Å²) < 4.78 is 0. The number of anilines is 1. The lowest BCUT2D eigenvalue weighted by atomic mass is 9.97. The van der Waals surface area contributed by atoms with Crippen molar-refractivity contribution in [3.63, 3.8) is 0 Å². The summed E-state index contributed by atoms with van der Waals surface area (Å²) in [7, 11) is 0. The minimum atomic E-state index is -0.667. The van der Waals surface area contributed by atoms with E-state index in [0.717, 1.165) is 63.8 Å². The van der Waals surface area contributed by atoms with Crippen molar-refractivity contribution in [2.45, 2.75) is 51.9 Å². The quantitative estimate of drug-likeness (QED) is 0.814. The van der Waals surface area contributed by atoms with Crippen LogP contribution < -0.4 is 4.90 Å². The smallest absolute Gasteiger partial charge is 0.307 e. The van der Waals surface area contributed by atoms with Gasteiger partial charge in [-0.1, -0.05) is 25.5 Å². The standard InChI is InChI=1S/C21H30N2O3/c1-2-3-6-20(24)23-13-10-17-14-16(7-8-19(17)23)9-12-22-11-4-5-18(15-22)21(25)26/h7-8,14,18H,2-6,9-13,15H2,1H3,(H,25,26). The average molecular weight is 358 g/mol. The number of amides is 1. The molecular weight excluding hydrogens is 328 g/mol. The maximum absolute atomic E-state index is 12.3. The number of benzene rings is 1. The van der Waals surface area contributed by atoms with E-state index in [9.17, 15) is 14.7 Å². The summed E-state index contributed by atoms with van der Waals surface area (Å²) >= 11 is 0. The number of fused-ring (bicyclic) bond motifs is 1. The molecule has 2 heterocycles. The minimum Gasteiger partial charge on any atom is -0.481 e. The maximum Gasteiger partial charge on any atom is 0.307 e. The molecule has 0 saturated carbocycles. The first-order valence-electron chi connectivity index (χ1n) is 9.95. The van der Waals surface area contributed by atoms with E-state index in [1.54, 1.807) is 0 Å². The molecule has 1 amide bonds. The highest BCUT2D eigenvalue weighted by Gasteiger charge is 2.26. The van der Waals surface area contributed by atoms with Gasteiger partial charge in [-0.15, -0.1) is 0 Å². The first-order valence-corrected chi connectivity index (χ1v) is 9.95. The second kappa shape index (κ2) is 8.67. The number of nitrogens with zero attached hydrogens (tertiary/aromatic N) is 2. The molecule has 0 spiro atoms. The van der Waals surface area contributed by atoms with Crippen LogP contribution in [-0.2, 0) is 22.4 Å². The average Bonchev–Trinajstić information content (AvgIpc) is 3.08. The number of hydrogen-bond donors (Lipinski definition) is 1. The second-order valence-corrected chi connectivity index (χ2v) is 7.59. The number of carbonyl (C=O) groups excluding carboxylic acids is 1. The molecule has 1 aromatic rings. The van der Waals surface area contributed by atoms with E-state index in [-0.39, 0.29) is 11.8 Å². The molecule has 0 bridgehead atoms. The lowest BCUT2D eigenvalue weighted by Crippen LogP contribution is -2.39. The van der Waals surface area contributed by atoms with Crippen LogP contribution in [0.4, 0.5) is 5.69 Å². The third-order valence-corrected chi connectivity index (χ3v) is 5.66. The molecule has 5 heteroatoms. The molecule has 1 fully saturated rings. The summed E-state index contributed by atoms with van der Waals surface area (Å²) in [4.78, 5) is 27.8. The number of carbonyl (C=O) groups is 2. The zero-order valence-corrected chi connectivity index (χ0v) is 15.7. The molecule has 2 aliphatic heterocycles. The molecule has 142 valence electrons. The van der Waals surface area contributed by atoms with Gasteiger partial charge in [0.15, 0.2) is 0 Å². The van der Waals surface area contributed by atoms with Crippen LogP contribution in [-0.4, -0.2) is 48.1 Å². The Hall–Kier alpha value is -1.88. The largest absolute Gasteiger partial charge is 0.481 e. The third kappa shape index (κ3) is 4.44. The predicted molar refractivity (Wildman–Crippen MR) is 103 cm³/mol. The van der Waals surface area contributed by atoms with E-state index in [0.29, 0.717) is 13.0 Å². The predicted octanol–water partition coefficient (Wildman–Crippen LogP) is 3.11. The molecule has 5 nitrogen and oxygen atoms in total. The Morgan fingerprint density at radius 3 is 2.88 bits per heavy atom. The van der Waals surface area contributed by atoms with E-state index in [2.05, 4.69) is 30.0 Å². The molecule has 1 unspecified atom stereocenters. The highest BCUT2D eigenvalue weighted by Crippen LogP contribution is 2.30. The van der Waals surface area contributed by atoms with Crippen LogP contribution in [0.3, 0.4) is 0 Å². The zero-order chi connectivity index (χ0) is 18.5. The van der Waals surface area contributed by atoms with E-state index < -0.39 is 5.97 Å². The van der Waals surface area contributed by atoms with Gasteiger partial charge in [0.05, 0.1) is 5.92 Å². The van der Waals surface area contributed by atoms with Crippen molar-refractivity contribution in [3.05, 3.63) is 29.3 Å². The molecule has 3 rings (SSSR count). The highest BCUT2D eigenvalue weighted by molar-refractivity contribution is 5.95. The number of aliphatic carboxylic acids is 1. The van der Waals surface area contributed by atoms with Crippen LogP contribution in [0.1, 0.15) is 50.2 Å². The molecule has 2 aliphatic rings. The molecule has 0 aliphatic carbocycles. The van der Waals surface area contributed by atoms with Crippen LogP contribution in [0.5, 0.6) is 0 Å². The van der Waals surface area contributed by atoms with Crippen LogP contribution in [0.25, 0.3) is 0 Å². The number of hydrogen-bond acceptors (Lipinski definition) is 3. The molecule has 1 aromatic carbocycles. The summed E-state index contributed by atoms with van der Waals surface area (Å²) in [5, 5.41) is 9.21. The van der Waals surface area contributed by atoms with Crippen LogP contribution in [0.15, 0.2) is 18.2 Å². The Morgan fingerprint density at radius 2 is 2.12 bits per heavy atom. The van der Waals surface area contributed by atoms with Crippen LogP contribution in [0, 0.1) is 5.92 Å². The Kier molecular flexibility index (Phi) is 6.30. The van der Waals surface area contributed by atoms with E-state index in [1.165, 1.54) is 11.1 Å². The highest BCUT2D eigenvalue weighted by atomic mass is 16.4. The van der Waals surface area contributed by atoms with Gasteiger partial charge < -0.3 is 14.9 Å². The number of carboxylic acids is 1. The van der Waals surface area contributed by atoms with E-state index >= 15 is 0 Å². The molecule has 26 heavy (non-hydrogen) atoms. The zero-order valence-electron chi connectivity index (χ0n) is 15.7. The van der Waals surface area contributed by atoms with E-state index in [1.807, 2.05) is 4.90 Å². The van der Waals surface area contributed by atoms with Gasteiger partial charge in [0.2, 0.25) is 5.91 Å². The fourth-order valence-corrected chi connectivity index (χ4v) is 4.08. The molecule has 1 N–H and O–H groups in total. The topological polar surface area (TPSA) is 60.9 Å². The minimum absolute atomic E-state index is 0.216. The Bertz CT molecular complexity index is 659. The fourth-order valence-electron chi connectivity index (χ4n) is 4.08. The molecule has 1 saturated heterocycles. The molecule has 0 aromatic heterocycles. The number of piperidine rings is 1. The Balaban J connectivity index is 1.56. The summed E-state index contributed by atoms with van der Waals surface area (Å²) in [5.41, 5.74) is 3.64. The van der Waals surface area contributed by atoms with Gasteiger partial charge in [0.1, 0.15) is 0 Å². The summed E-state index contributed by atoms with van der Waals surface area (Å²) in [5.74, 6) is -0.641. The number of unbranched alkanes of at least 4 members (excludes halogenated alkanes) is 1. The van der Waals surface area contributed by atoms with Crippen molar-refractivity contribution in [2.75, 3.05) is 31.1 Å². The van der Waals surface area contributed by atoms with Crippen molar-refractivity contribution in [1.82, 2.24) is 4.90 Å². The fraction of sp³-hybridized carbons (Fsp3) is 0.619. The van der Waals surface area contributed by atoms with Gasteiger partial charge in [-0.3, -0.25) is 9.59 Å². The van der Waals surface area contributed by atoms with Crippen molar-refractivity contribution in [1.29, 1.82) is 0 Å². The van der Waals surface area contributed by atoms with Crippen molar-refractivity contribution in [2.24, 2.45) is 5.92 Å². The number of carboxylic acid groups (broad SMARTS) is 1. The van der Waals surface area contributed by atoms with Crippen molar-refractivity contribution in [3.8, 4) is 0 Å². The van der Waals surface area contributed by atoms with Gasteiger partial charge in [0, 0.05) is 31.7 Å². The lowest BCUT2D eigenvalue weighted by Gasteiger charge is -2.30. The van der Waals surface area contributed by atoms with Gasteiger partial charge in [-0.2, -0.15) is 0 Å². The maximum atomic E-state index is 12.3. The third-order valence-electron chi connectivity index (χ3n) is 5.66. The number of likely N-dealkylation sites (tertiary alicyclic amines) is 1. The first-order chi connectivity index (χ1) is 12.6. The Morgan fingerprint density at radius 1 is 1.27 bits per heavy atom. The van der Waals surface area contributed by atoms with Crippen LogP contribution in [0.2, 0.25) is 0 Å². The molecule has 0 radical (unpaired) electrons. The Labute approximate surface area is 156 Å². The molecular formula is C21H30N2O3. The number of rotatable bonds is 7. The summed E-state index contributed by atoms with van der Waals surface area (Å²) in [6.07, 6.45) is 6.27. The van der Waals surface area contributed by atoms with Crippen LogP contribution >= 0.6 is 0 Å². The van der Waals surface area contributed by atoms with Gasteiger partial charge in [0.25, 0.3) is 0 Å². The van der Waals surface area contributed by atoms with Crippen molar-refractivity contribution >= 4 is 17.6 Å². The van der Waals surface area contributed by atoms with Gasteiger partial charge >= 0.3 is 5.97 Å². The van der Waals surface area contributed by atoms with Gasteiger partial charge in [-0.25, -0.2) is 0 Å². The summed E-state index contributed by atoms with van der Waals surface area (Å²) in [6, 6.07) is 6.46. The van der Waals surface area contributed by atoms with Gasteiger partial charge in [-0.05, 0) is 55.8 Å². The SMILES string of the molecule is CCCCC(=O)N1CCc2cc(CCN3CCCC(C(=O)O)C3)ccc21. The van der Waals surface area contributed by atoms with Crippen molar-refractivity contribution < 1.29 is 14.7 Å². The first kappa shape index (κ1) is 18.9. The normalized spacial score (nSPS) is 20.2. The summed E-state index contributed by atoms with van der Waals surface area (Å²) in [6.45, 7) is 5.47. The monoisotopic (exact) mass is 358 g/mol. The lowest BCUT2D eigenvalue weighted by molar-refractivity contribution is -0.143.